The molecule has 26 heavy (non-hydrogen) atoms. The third-order valence-electron chi connectivity index (χ3n) is 5.65. The summed E-state index contributed by atoms with van der Waals surface area (Å²) in [4.78, 5) is 9.85. The Labute approximate surface area is 153 Å². The van der Waals surface area contributed by atoms with Crippen LogP contribution in [-0.2, 0) is 13.0 Å². The molecule has 0 radical (unpaired) electrons. The van der Waals surface area contributed by atoms with E-state index < -0.39 is 0 Å². The molecule has 5 rings (SSSR count). The minimum Gasteiger partial charge on any atom is -0.495 e. The summed E-state index contributed by atoms with van der Waals surface area (Å²) in [6.07, 6.45) is 2.38. The fourth-order valence-corrected chi connectivity index (χ4v) is 4.37. The highest BCUT2D eigenvalue weighted by Crippen LogP contribution is 2.32. The Hall–Kier alpha value is -2.69. The number of anilines is 2. The number of aromatic nitrogens is 2. The standard InChI is InChI=1S/C21H24N4O/c1-26-19-10-3-2-9-18(19)23-12-14-24(15-13-23)21-22-17-8-4-6-16-7-5-11-25(21)20(16)17/h2-4,6,8-10H,5,7,11-15H2,1H3. The normalized spacial score (nSPS) is 17.0. The van der Waals surface area contributed by atoms with Crippen molar-refractivity contribution in [1.82, 2.24) is 9.55 Å². The number of ether oxygens (including phenoxy) is 1. The molecule has 2 aliphatic rings. The smallest absolute Gasteiger partial charge is 0.206 e. The molecule has 0 aliphatic carbocycles. The molecular formula is C21H24N4O. The van der Waals surface area contributed by atoms with Crippen molar-refractivity contribution in [2.45, 2.75) is 19.4 Å². The summed E-state index contributed by atoms with van der Waals surface area (Å²) in [5.41, 5.74) is 5.12. The van der Waals surface area contributed by atoms with Crippen LogP contribution < -0.4 is 14.5 Å². The highest BCUT2D eigenvalue weighted by atomic mass is 16.5. The lowest BCUT2D eigenvalue weighted by molar-refractivity contribution is 0.413. The first-order valence-electron chi connectivity index (χ1n) is 9.46. The first kappa shape index (κ1) is 15.6. The summed E-state index contributed by atoms with van der Waals surface area (Å²) in [7, 11) is 1.74. The van der Waals surface area contributed by atoms with E-state index in [4.69, 9.17) is 9.72 Å². The van der Waals surface area contributed by atoms with Gasteiger partial charge >= 0.3 is 0 Å². The number of nitrogens with zero attached hydrogens (tertiary/aromatic N) is 4. The average Bonchev–Trinajstić information content (AvgIpc) is 3.09. The Morgan fingerprint density at radius 2 is 1.69 bits per heavy atom. The van der Waals surface area contributed by atoms with E-state index in [9.17, 15) is 0 Å². The van der Waals surface area contributed by atoms with Crippen LogP contribution in [-0.4, -0.2) is 42.8 Å². The summed E-state index contributed by atoms with van der Waals surface area (Å²) in [5, 5.41) is 0. The number of benzene rings is 2. The summed E-state index contributed by atoms with van der Waals surface area (Å²) in [6, 6.07) is 14.8. The van der Waals surface area contributed by atoms with Gasteiger partial charge in [-0.3, -0.25) is 0 Å². The van der Waals surface area contributed by atoms with Crippen molar-refractivity contribution >= 4 is 22.7 Å². The van der Waals surface area contributed by atoms with Crippen LogP contribution in [0, 0.1) is 0 Å². The predicted molar refractivity (Wildman–Crippen MR) is 105 cm³/mol. The van der Waals surface area contributed by atoms with E-state index in [1.54, 1.807) is 7.11 Å². The second-order valence-corrected chi connectivity index (χ2v) is 7.10. The van der Waals surface area contributed by atoms with Gasteiger partial charge < -0.3 is 19.1 Å². The highest BCUT2D eigenvalue weighted by Gasteiger charge is 2.25. The van der Waals surface area contributed by atoms with E-state index in [1.807, 2.05) is 12.1 Å². The maximum Gasteiger partial charge on any atom is 0.206 e. The first-order valence-corrected chi connectivity index (χ1v) is 9.46. The Morgan fingerprint density at radius 1 is 0.885 bits per heavy atom. The summed E-state index contributed by atoms with van der Waals surface area (Å²) >= 11 is 0. The molecule has 3 heterocycles. The van der Waals surface area contributed by atoms with Gasteiger partial charge in [0.2, 0.25) is 5.95 Å². The van der Waals surface area contributed by atoms with Crippen LogP contribution in [0.4, 0.5) is 11.6 Å². The van der Waals surface area contributed by atoms with Crippen molar-refractivity contribution < 1.29 is 4.74 Å². The van der Waals surface area contributed by atoms with E-state index in [1.165, 1.54) is 29.6 Å². The molecule has 0 amide bonds. The van der Waals surface area contributed by atoms with E-state index in [0.717, 1.165) is 49.9 Å². The molecule has 5 heteroatoms. The molecule has 1 aromatic heterocycles. The molecule has 0 unspecified atom stereocenters. The molecule has 5 nitrogen and oxygen atoms in total. The Bertz CT molecular complexity index is 940. The summed E-state index contributed by atoms with van der Waals surface area (Å²) in [6.45, 7) is 5.01. The Balaban J connectivity index is 1.41. The number of imidazole rings is 1. The molecule has 1 fully saturated rings. The zero-order valence-corrected chi connectivity index (χ0v) is 15.2. The number of aryl methyl sites for hydroxylation is 2. The molecule has 0 bridgehead atoms. The van der Waals surface area contributed by atoms with Gasteiger partial charge in [-0.25, -0.2) is 4.98 Å². The van der Waals surface area contributed by atoms with Gasteiger partial charge in [-0.15, -0.1) is 0 Å². The van der Waals surface area contributed by atoms with Crippen molar-refractivity contribution in [3.05, 3.63) is 48.0 Å². The Kier molecular flexibility index (Phi) is 3.73. The van der Waals surface area contributed by atoms with Crippen LogP contribution in [0.2, 0.25) is 0 Å². The van der Waals surface area contributed by atoms with Gasteiger partial charge in [-0.1, -0.05) is 24.3 Å². The lowest BCUT2D eigenvalue weighted by atomic mass is 10.0. The van der Waals surface area contributed by atoms with Gasteiger partial charge in [0.1, 0.15) is 5.75 Å². The second kappa shape index (κ2) is 6.24. The minimum atomic E-state index is 0.951. The number of para-hydroxylation sites is 3. The van der Waals surface area contributed by atoms with Gasteiger partial charge in [-0.2, -0.15) is 0 Å². The SMILES string of the molecule is COc1ccccc1N1CCN(c2nc3cccc4c3n2CCC4)CC1. The van der Waals surface area contributed by atoms with E-state index in [2.05, 4.69) is 44.7 Å². The molecular weight excluding hydrogens is 324 g/mol. The van der Waals surface area contributed by atoms with Crippen molar-refractivity contribution in [2.24, 2.45) is 0 Å². The molecule has 1 saturated heterocycles. The zero-order valence-electron chi connectivity index (χ0n) is 15.2. The molecule has 3 aromatic rings. The van der Waals surface area contributed by atoms with Crippen LogP contribution in [0.25, 0.3) is 11.0 Å². The van der Waals surface area contributed by atoms with E-state index in [0.29, 0.717) is 0 Å². The molecule has 0 saturated carbocycles. The lowest BCUT2D eigenvalue weighted by Gasteiger charge is -2.37. The third kappa shape index (κ3) is 2.42. The average molecular weight is 348 g/mol. The predicted octanol–water partition coefficient (Wildman–Crippen LogP) is 3.32. The topological polar surface area (TPSA) is 33.5 Å². The van der Waals surface area contributed by atoms with Gasteiger partial charge in [0.15, 0.2) is 0 Å². The number of rotatable bonds is 3. The maximum absolute atomic E-state index is 5.54. The molecule has 0 spiro atoms. The van der Waals surface area contributed by atoms with Crippen molar-refractivity contribution in [1.29, 1.82) is 0 Å². The van der Waals surface area contributed by atoms with Crippen molar-refractivity contribution in [3.63, 3.8) is 0 Å². The zero-order chi connectivity index (χ0) is 17.5. The molecule has 2 aliphatic heterocycles. The van der Waals surface area contributed by atoms with Gasteiger partial charge in [-0.05, 0) is 36.6 Å². The maximum atomic E-state index is 5.54. The molecule has 2 aromatic carbocycles. The van der Waals surface area contributed by atoms with Crippen LogP contribution in [0.5, 0.6) is 5.75 Å². The summed E-state index contributed by atoms with van der Waals surface area (Å²) < 4.78 is 7.97. The van der Waals surface area contributed by atoms with Crippen LogP contribution in [0.15, 0.2) is 42.5 Å². The number of hydrogen-bond acceptors (Lipinski definition) is 4. The molecule has 134 valence electrons. The second-order valence-electron chi connectivity index (χ2n) is 7.10. The van der Waals surface area contributed by atoms with Gasteiger partial charge in [0.05, 0.1) is 23.8 Å². The van der Waals surface area contributed by atoms with Crippen molar-refractivity contribution in [3.8, 4) is 5.75 Å². The molecule has 0 N–H and O–H groups in total. The molecule has 0 atom stereocenters. The van der Waals surface area contributed by atoms with Crippen LogP contribution in [0.3, 0.4) is 0 Å². The number of hydrogen-bond donors (Lipinski definition) is 0. The fraction of sp³-hybridized carbons (Fsp3) is 0.381. The van der Waals surface area contributed by atoms with Crippen LogP contribution in [0.1, 0.15) is 12.0 Å². The summed E-state index contributed by atoms with van der Waals surface area (Å²) in [5.74, 6) is 2.10. The fourth-order valence-electron chi connectivity index (χ4n) is 4.37. The van der Waals surface area contributed by atoms with E-state index >= 15 is 0 Å². The highest BCUT2D eigenvalue weighted by molar-refractivity contribution is 5.83. The Morgan fingerprint density at radius 3 is 2.54 bits per heavy atom. The first-order chi connectivity index (χ1) is 12.8. The monoisotopic (exact) mass is 348 g/mol. The van der Waals surface area contributed by atoms with Crippen LogP contribution >= 0.6 is 0 Å². The number of piperazine rings is 1. The van der Waals surface area contributed by atoms with Crippen molar-refractivity contribution in [2.75, 3.05) is 43.1 Å². The quantitative estimate of drug-likeness (QED) is 0.727. The van der Waals surface area contributed by atoms with E-state index in [-0.39, 0.29) is 0 Å². The largest absolute Gasteiger partial charge is 0.495 e. The third-order valence-corrected chi connectivity index (χ3v) is 5.65. The number of methoxy groups -OCH3 is 1. The minimum absolute atomic E-state index is 0.951. The van der Waals surface area contributed by atoms with Gasteiger partial charge in [0, 0.05) is 32.7 Å². The lowest BCUT2D eigenvalue weighted by Crippen LogP contribution is -2.47. The van der Waals surface area contributed by atoms with Gasteiger partial charge in [0.25, 0.3) is 0 Å².